The van der Waals surface area contributed by atoms with Gasteiger partial charge in [-0.15, -0.1) is 0 Å². The largest absolute Gasteiger partial charge is 0.309 e. The van der Waals surface area contributed by atoms with Crippen LogP contribution in [0.5, 0.6) is 0 Å². The zero-order valence-corrected chi connectivity index (χ0v) is 12.5. The van der Waals surface area contributed by atoms with Crippen LogP contribution in [0, 0.1) is 5.92 Å². The first kappa shape index (κ1) is 13.6. The second-order valence-corrected chi connectivity index (χ2v) is 6.40. The molecule has 3 heteroatoms. The summed E-state index contributed by atoms with van der Waals surface area (Å²) in [6.45, 7) is 4.42. The lowest BCUT2D eigenvalue weighted by molar-refractivity contribution is -0.120. The fourth-order valence-electron chi connectivity index (χ4n) is 3.56. The normalized spacial score (nSPS) is 23.9. The van der Waals surface area contributed by atoms with Gasteiger partial charge in [-0.2, -0.15) is 0 Å². The van der Waals surface area contributed by atoms with Gasteiger partial charge in [0.2, 0.25) is 5.91 Å². The monoisotopic (exact) mass is 272 g/mol. The molecule has 0 spiro atoms. The summed E-state index contributed by atoms with van der Waals surface area (Å²) in [6.07, 6.45) is 4.03. The van der Waals surface area contributed by atoms with Crippen LogP contribution in [0.3, 0.4) is 0 Å². The number of hydrogen-bond donors (Lipinski definition) is 0. The van der Waals surface area contributed by atoms with Gasteiger partial charge in [0, 0.05) is 18.2 Å². The number of benzene rings is 1. The second kappa shape index (κ2) is 5.57. The van der Waals surface area contributed by atoms with E-state index < -0.39 is 0 Å². The van der Waals surface area contributed by atoms with Gasteiger partial charge in [-0.05, 0) is 63.9 Å². The topological polar surface area (TPSA) is 23.6 Å². The molecule has 1 fully saturated rings. The van der Waals surface area contributed by atoms with Gasteiger partial charge in [-0.3, -0.25) is 4.79 Å². The summed E-state index contributed by atoms with van der Waals surface area (Å²) in [5, 5.41) is 0. The summed E-state index contributed by atoms with van der Waals surface area (Å²) in [5.74, 6) is 0.885. The molecule has 0 aromatic heterocycles. The molecule has 1 aromatic rings. The average Bonchev–Trinajstić information content (AvgIpc) is 2.77. The Morgan fingerprint density at radius 3 is 2.70 bits per heavy atom. The van der Waals surface area contributed by atoms with Gasteiger partial charge >= 0.3 is 0 Å². The van der Waals surface area contributed by atoms with E-state index >= 15 is 0 Å². The van der Waals surface area contributed by atoms with Gasteiger partial charge in [-0.1, -0.05) is 18.2 Å². The summed E-state index contributed by atoms with van der Waals surface area (Å²) in [4.78, 5) is 17.1. The van der Waals surface area contributed by atoms with Crippen LogP contribution in [0.25, 0.3) is 0 Å². The minimum absolute atomic E-state index is 0.311. The van der Waals surface area contributed by atoms with Crippen molar-refractivity contribution in [3.8, 4) is 0 Å². The molecule has 1 aromatic carbocycles. The highest BCUT2D eigenvalue weighted by atomic mass is 16.2. The molecule has 20 heavy (non-hydrogen) atoms. The van der Waals surface area contributed by atoms with Crippen LogP contribution >= 0.6 is 0 Å². The van der Waals surface area contributed by atoms with Crippen molar-refractivity contribution in [3.05, 3.63) is 29.8 Å². The van der Waals surface area contributed by atoms with Crippen LogP contribution in [0.1, 0.15) is 31.7 Å². The number of likely N-dealkylation sites (tertiary alicyclic amines) is 1. The number of amides is 1. The van der Waals surface area contributed by atoms with Gasteiger partial charge < -0.3 is 9.80 Å². The molecule has 108 valence electrons. The second-order valence-electron chi connectivity index (χ2n) is 6.40. The van der Waals surface area contributed by atoms with E-state index in [0.29, 0.717) is 24.3 Å². The predicted molar refractivity (Wildman–Crippen MR) is 81.9 cm³/mol. The van der Waals surface area contributed by atoms with Crippen molar-refractivity contribution >= 4 is 11.6 Å². The van der Waals surface area contributed by atoms with Gasteiger partial charge in [0.25, 0.3) is 0 Å². The molecule has 0 N–H and O–H groups in total. The van der Waals surface area contributed by atoms with Crippen LogP contribution in [-0.4, -0.2) is 37.0 Å². The zero-order valence-electron chi connectivity index (χ0n) is 12.5. The summed E-state index contributed by atoms with van der Waals surface area (Å²) < 4.78 is 0. The molecule has 3 rings (SSSR count). The summed E-state index contributed by atoms with van der Waals surface area (Å²) in [6, 6.07) is 8.65. The van der Waals surface area contributed by atoms with E-state index in [-0.39, 0.29) is 0 Å². The number of piperidine rings is 1. The molecule has 0 radical (unpaired) electrons. The molecular weight excluding hydrogens is 248 g/mol. The first-order chi connectivity index (χ1) is 9.65. The Bertz CT molecular complexity index is 492. The minimum Gasteiger partial charge on any atom is -0.309 e. The van der Waals surface area contributed by atoms with E-state index in [1.807, 2.05) is 11.0 Å². The van der Waals surface area contributed by atoms with Crippen LogP contribution in [0.2, 0.25) is 0 Å². The smallest absolute Gasteiger partial charge is 0.227 e. The fourth-order valence-corrected chi connectivity index (χ4v) is 3.56. The van der Waals surface area contributed by atoms with Crippen LogP contribution < -0.4 is 4.90 Å². The number of hydrogen-bond acceptors (Lipinski definition) is 2. The molecule has 0 saturated carbocycles. The molecule has 2 heterocycles. The van der Waals surface area contributed by atoms with Crippen molar-refractivity contribution in [1.29, 1.82) is 0 Å². The molecular formula is C17H24N2O. The van der Waals surface area contributed by atoms with Gasteiger partial charge in [0.15, 0.2) is 0 Å². The van der Waals surface area contributed by atoms with Gasteiger partial charge in [-0.25, -0.2) is 0 Å². The summed E-state index contributed by atoms with van der Waals surface area (Å²) in [7, 11) is 2.16. The number of rotatable bonds is 2. The molecule has 2 aliphatic rings. The van der Waals surface area contributed by atoms with E-state index in [9.17, 15) is 4.79 Å². The number of anilines is 1. The maximum absolute atomic E-state index is 12.7. The highest BCUT2D eigenvalue weighted by molar-refractivity contribution is 5.96. The van der Waals surface area contributed by atoms with E-state index in [1.165, 1.54) is 5.56 Å². The molecule has 1 amide bonds. The Hall–Kier alpha value is -1.35. The molecule has 0 bridgehead atoms. The lowest BCUT2D eigenvalue weighted by atomic mass is 9.93. The maximum atomic E-state index is 12.7. The van der Waals surface area contributed by atoms with E-state index in [1.54, 1.807) is 0 Å². The quantitative estimate of drug-likeness (QED) is 0.826. The van der Waals surface area contributed by atoms with Crippen molar-refractivity contribution in [3.63, 3.8) is 0 Å². The standard InChI is InChI=1S/C17H24N2O/c1-13-11-15-5-3-4-6-16(15)19(13)17(20)12-14-7-9-18(2)10-8-14/h3-6,13-14H,7-12H2,1-2H3. The maximum Gasteiger partial charge on any atom is 0.227 e. The number of para-hydroxylation sites is 1. The molecule has 2 aliphatic heterocycles. The Kier molecular flexibility index (Phi) is 3.79. The average molecular weight is 272 g/mol. The first-order valence-electron chi connectivity index (χ1n) is 7.73. The highest BCUT2D eigenvalue weighted by Gasteiger charge is 2.32. The molecule has 1 saturated heterocycles. The first-order valence-corrected chi connectivity index (χ1v) is 7.73. The minimum atomic E-state index is 0.311. The van der Waals surface area contributed by atoms with Crippen molar-refractivity contribution < 1.29 is 4.79 Å². The highest BCUT2D eigenvalue weighted by Crippen LogP contribution is 2.33. The van der Waals surface area contributed by atoms with Crippen molar-refractivity contribution in [1.82, 2.24) is 4.90 Å². The number of carbonyl (C=O) groups excluding carboxylic acids is 1. The Morgan fingerprint density at radius 1 is 1.25 bits per heavy atom. The van der Waals surface area contributed by atoms with E-state index in [0.717, 1.165) is 38.0 Å². The number of fused-ring (bicyclic) bond motifs is 1. The summed E-state index contributed by atoms with van der Waals surface area (Å²) in [5.41, 5.74) is 2.45. The zero-order chi connectivity index (χ0) is 14.1. The predicted octanol–water partition coefficient (Wildman–Crippen LogP) is 2.70. The molecule has 1 atom stereocenters. The van der Waals surface area contributed by atoms with Crippen molar-refractivity contribution in [2.45, 2.75) is 38.6 Å². The SMILES string of the molecule is CC1Cc2ccccc2N1C(=O)CC1CCN(C)CC1. The van der Waals surface area contributed by atoms with Crippen LogP contribution in [0.4, 0.5) is 5.69 Å². The lowest BCUT2D eigenvalue weighted by Gasteiger charge is -2.30. The van der Waals surface area contributed by atoms with E-state index in [2.05, 4.69) is 37.1 Å². The third-order valence-electron chi connectivity index (χ3n) is 4.78. The van der Waals surface area contributed by atoms with Crippen molar-refractivity contribution in [2.24, 2.45) is 5.92 Å². The molecule has 1 unspecified atom stereocenters. The van der Waals surface area contributed by atoms with Crippen LogP contribution in [-0.2, 0) is 11.2 Å². The van der Waals surface area contributed by atoms with Gasteiger partial charge in [0.1, 0.15) is 0 Å². The molecule has 3 nitrogen and oxygen atoms in total. The Balaban J connectivity index is 1.68. The third kappa shape index (κ3) is 2.59. The summed E-state index contributed by atoms with van der Waals surface area (Å²) >= 11 is 0. The number of carbonyl (C=O) groups is 1. The fraction of sp³-hybridized carbons (Fsp3) is 0.588. The Morgan fingerprint density at radius 2 is 1.95 bits per heavy atom. The third-order valence-corrected chi connectivity index (χ3v) is 4.78. The number of nitrogens with zero attached hydrogens (tertiary/aromatic N) is 2. The van der Waals surface area contributed by atoms with Crippen molar-refractivity contribution in [2.75, 3.05) is 25.0 Å². The lowest BCUT2D eigenvalue weighted by Crippen LogP contribution is -2.38. The van der Waals surface area contributed by atoms with Gasteiger partial charge in [0.05, 0.1) is 0 Å². The van der Waals surface area contributed by atoms with Crippen LogP contribution in [0.15, 0.2) is 24.3 Å². The van der Waals surface area contributed by atoms with E-state index in [4.69, 9.17) is 0 Å². The molecule has 0 aliphatic carbocycles. The Labute approximate surface area is 121 Å².